The van der Waals surface area contributed by atoms with E-state index in [0.29, 0.717) is 0 Å². The Labute approximate surface area is 116 Å². The summed E-state index contributed by atoms with van der Waals surface area (Å²) in [5, 5.41) is 25.0. The molecule has 0 aromatic heterocycles. The van der Waals surface area contributed by atoms with E-state index in [2.05, 4.69) is 0 Å². The Kier molecular flexibility index (Phi) is 62900. The Morgan fingerprint density at radius 1 is 0.500 bits per heavy atom. The van der Waals surface area contributed by atoms with Crippen molar-refractivity contribution in [2.75, 3.05) is 0 Å². The molecule has 4 nitrogen and oxygen atoms in total. The Balaban J connectivity index is -0.00000000500. The second-order valence-corrected chi connectivity index (χ2v) is 0. The molecule has 0 rings (SSSR count). The largest absolute Gasteiger partial charge is 1.00 e. The van der Waals surface area contributed by atoms with Gasteiger partial charge in [-0.1, -0.05) is 0 Å². The number of hydrogen-bond acceptors (Lipinski definition) is 4. The molecule has 0 amide bonds. The molecule has 0 bridgehead atoms. The van der Waals surface area contributed by atoms with Crippen LogP contribution in [0.15, 0.2) is 0 Å². The summed E-state index contributed by atoms with van der Waals surface area (Å²) >= 11 is 0. The third-order valence-electron chi connectivity index (χ3n) is 0. The maximum Gasteiger partial charge on any atom is 1.00 e. The van der Waals surface area contributed by atoms with Gasteiger partial charge in [0, 0.05) is 19.5 Å². The molecule has 0 unspecified atom stereocenters. The summed E-state index contributed by atoms with van der Waals surface area (Å²) in [5.41, 5.74) is 0. The summed E-state index contributed by atoms with van der Waals surface area (Å²) < 4.78 is 0. The summed E-state index contributed by atoms with van der Waals surface area (Å²) in [7, 11) is 0. The van der Waals surface area contributed by atoms with Gasteiger partial charge in [0.15, 0.2) is 0 Å². The van der Waals surface area contributed by atoms with E-state index in [4.69, 9.17) is 47.3 Å². The molecule has 0 aliphatic rings. The fraction of sp³-hybridized carbons (Fsp3) is 0. The van der Waals surface area contributed by atoms with E-state index < -0.39 is 0 Å². The van der Waals surface area contributed by atoms with Gasteiger partial charge in [-0.25, -0.2) is 0 Å². The molecular formula is C4KN4Zn-3. The average molecular weight is 209 g/mol. The molecule has 0 aromatic rings. The van der Waals surface area contributed by atoms with Gasteiger partial charge in [-0.15, -0.1) is 0 Å². The van der Waals surface area contributed by atoms with Gasteiger partial charge < -0.3 is 47.3 Å². The Morgan fingerprint density at radius 2 is 0.500 bits per heavy atom. The van der Waals surface area contributed by atoms with Crippen LogP contribution in [-0.4, -0.2) is 0 Å². The van der Waals surface area contributed by atoms with Crippen molar-refractivity contribution in [3.8, 4) is 0 Å². The minimum absolute atomic E-state index is 0. The standard InChI is InChI=1S/4CN.K.Zn/c4*1-2;;/q4*-1;+1;. The van der Waals surface area contributed by atoms with E-state index in [-0.39, 0.29) is 70.9 Å². The first-order valence-electron chi connectivity index (χ1n) is 0.894. The predicted octanol–water partition coefficient (Wildman–Crippen LogP) is -2.61. The van der Waals surface area contributed by atoms with Crippen molar-refractivity contribution in [1.29, 1.82) is 21.0 Å². The number of nitrogens with zero attached hydrogens (tertiary/aromatic N) is 4. The average Bonchev–Trinajstić information content (AvgIpc) is 2.03. The van der Waals surface area contributed by atoms with E-state index in [9.17, 15) is 0 Å². The molecule has 10 heavy (non-hydrogen) atoms. The third-order valence-corrected chi connectivity index (χ3v) is 0. The molecule has 0 N–H and O–H groups in total. The number of rotatable bonds is 0. The zero-order valence-corrected chi connectivity index (χ0v) is 11.6. The molecule has 0 heterocycles. The Morgan fingerprint density at radius 3 is 0.500 bits per heavy atom. The zero-order valence-electron chi connectivity index (χ0n) is 5.50. The van der Waals surface area contributed by atoms with Crippen molar-refractivity contribution in [2.24, 2.45) is 0 Å². The van der Waals surface area contributed by atoms with Crippen LogP contribution in [0.2, 0.25) is 0 Å². The van der Waals surface area contributed by atoms with E-state index in [1.165, 1.54) is 0 Å². The fourth-order valence-electron chi connectivity index (χ4n) is 0. The van der Waals surface area contributed by atoms with Gasteiger partial charge in [0.1, 0.15) is 0 Å². The second-order valence-electron chi connectivity index (χ2n) is 0. The van der Waals surface area contributed by atoms with E-state index in [1.807, 2.05) is 0 Å². The first-order valence-corrected chi connectivity index (χ1v) is 0.894. The van der Waals surface area contributed by atoms with Crippen LogP contribution < -0.4 is 51.4 Å². The summed E-state index contributed by atoms with van der Waals surface area (Å²) in [5.74, 6) is 0. The van der Waals surface area contributed by atoms with Gasteiger partial charge in [0.25, 0.3) is 0 Å². The molecule has 6 heteroatoms. The van der Waals surface area contributed by atoms with Crippen molar-refractivity contribution in [3.05, 3.63) is 26.3 Å². The Bertz CT molecular complexity index is 60.2. The molecule has 0 radical (unpaired) electrons. The molecule has 42 valence electrons. The predicted molar refractivity (Wildman–Crippen MR) is 19.9 cm³/mol. The van der Waals surface area contributed by atoms with E-state index >= 15 is 0 Å². The normalized spacial score (nSPS) is 0.800. The van der Waals surface area contributed by atoms with Gasteiger partial charge in [-0.05, 0) is 0 Å². The van der Waals surface area contributed by atoms with Gasteiger partial charge in [-0.3, -0.25) is 0 Å². The monoisotopic (exact) mass is 207 g/mol. The van der Waals surface area contributed by atoms with Crippen LogP contribution in [0.25, 0.3) is 0 Å². The van der Waals surface area contributed by atoms with Gasteiger partial charge >= 0.3 is 51.4 Å². The molecule has 0 aliphatic carbocycles. The quantitative estimate of drug-likeness (QED) is 0.322. The molecule has 0 fully saturated rings. The minimum atomic E-state index is 0. The number of hydrogen-bond donors (Lipinski definition) is 0. The Hall–Kier alpha value is 0.220. The van der Waals surface area contributed by atoms with Crippen molar-refractivity contribution in [1.82, 2.24) is 0 Å². The van der Waals surface area contributed by atoms with Crippen molar-refractivity contribution < 1.29 is 70.9 Å². The molecule has 0 aliphatic heterocycles. The van der Waals surface area contributed by atoms with E-state index in [1.54, 1.807) is 0 Å². The summed E-state index contributed by atoms with van der Waals surface area (Å²) in [6.07, 6.45) is 0. The van der Waals surface area contributed by atoms with Gasteiger partial charge in [0.05, 0.1) is 0 Å². The van der Waals surface area contributed by atoms with Crippen molar-refractivity contribution in [2.45, 2.75) is 0 Å². The molecule has 0 aromatic carbocycles. The first kappa shape index (κ1) is 48.8. The molecule has 0 atom stereocenters. The zero-order chi connectivity index (χ0) is 8.00. The molecular weight excluding hydrogens is 209 g/mol. The second kappa shape index (κ2) is 12900. The third kappa shape index (κ3) is 8870. The maximum atomic E-state index is 6.25. The molecule has 0 saturated heterocycles. The van der Waals surface area contributed by atoms with Crippen molar-refractivity contribution in [3.63, 3.8) is 0 Å². The van der Waals surface area contributed by atoms with Crippen LogP contribution in [0.4, 0.5) is 0 Å². The van der Waals surface area contributed by atoms with Crippen LogP contribution >= 0.6 is 0 Å². The fourth-order valence-corrected chi connectivity index (χ4v) is 0. The summed E-state index contributed by atoms with van der Waals surface area (Å²) in [6.45, 7) is 19.0. The van der Waals surface area contributed by atoms with Crippen molar-refractivity contribution >= 4 is 0 Å². The SMILES string of the molecule is [C-]#N.[C-]#N.[C-]#N.[C-]#N.[K+].[Zn]. The smallest absolute Gasteiger partial charge is 0.512 e. The summed E-state index contributed by atoms with van der Waals surface area (Å²) in [4.78, 5) is 0. The maximum absolute atomic E-state index is 6.25. The molecule has 0 saturated carbocycles. The first-order chi connectivity index (χ1) is 4.00. The molecule has 0 spiro atoms. The van der Waals surface area contributed by atoms with Gasteiger partial charge in [-0.2, -0.15) is 0 Å². The topological polar surface area (TPSA) is 95.2 Å². The van der Waals surface area contributed by atoms with Crippen LogP contribution in [0.3, 0.4) is 0 Å². The van der Waals surface area contributed by atoms with Crippen LogP contribution in [0, 0.1) is 47.3 Å². The van der Waals surface area contributed by atoms with E-state index in [0.717, 1.165) is 0 Å². The van der Waals surface area contributed by atoms with Crippen LogP contribution in [-0.2, 0) is 19.5 Å². The minimum Gasteiger partial charge on any atom is -0.512 e. The van der Waals surface area contributed by atoms with Gasteiger partial charge in [0.2, 0.25) is 0 Å². The van der Waals surface area contributed by atoms with Crippen LogP contribution in [0.5, 0.6) is 0 Å². The van der Waals surface area contributed by atoms with Crippen LogP contribution in [0.1, 0.15) is 0 Å². The summed E-state index contributed by atoms with van der Waals surface area (Å²) in [6, 6.07) is 0.